The van der Waals surface area contributed by atoms with Crippen LogP contribution in [0.5, 0.6) is 0 Å². The second kappa shape index (κ2) is 7.97. The van der Waals surface area contributed by atoms with E-state index in [4.69, 9.17) is 11.6 Å². The van der Waals surface area contributed by atoms with E-state index in [0.29, 0.717) is 25.2 Å². The molecule has 0 atom stereocenters. The van der Waals surface area contributed by atoms with Crippen LogP contribution in [0.2, 0.25) is 5.02 Å². The van der Waals surface area contributed by atoms with Gasteiger partial charge in [-0.15, -0.1) is 0 Å². The van der Waals surface area contributed by atoms with Crippen molar-refractivity contribution in [3.8, 4) is 11.5 Å². The van der Waals surface area contributed by atoms with Gasteiger partial charge in [-0.05, 0) is 54.8 Å². The number of fused-ring (bicyclic) bond motifs is 2. The summed E-state index contributed by atoms with van der Waals surface area (Å²) in [5.41, 5.74) is 3.26. The molecular weight excluding hydrogens is 409 g/mol. The highest BCUT2D eigenvalue weighted by molar-refractivity contribution is 6.30. The highest BCUT2D eigenvalue weighted by Crippen LogP contribution is 2.23. The quantitative estimate of drug-likeness (QED) is 0.377. The summed E-state index contributed by atoms with van der Waals surface area (Å²) in [4.78, 5) is 34.7. The highest BCUT2D eigenvalue weighted by atomic mass is 35.5. The van der Waals surface area contributed by atoms with Crippen LogP contribution < -0.4 is 16.6 Å². The van der Waals surface area contributed by atoms with Gasteiger partial charge < -0.3 is 9.88 Å². The molecule has 2 aliphatic heterocycles. The molecule has 0 radical (unpaired) electrons. The Balaban J connectivity index is 1.68. The summed E-state index contributed by atoms with van der Waals surface area (Å²) in [7, 11) is 0. The van der Waals surface area contributed by atoms with Gasteiger partial charge in [0.1, 0.15) is 5.82 Å². The lowest BCUT2D eigenvalue weighted by atomic mass is 10.1. The SMILES string of the molecule is Cc1cc2nc3c(=O)[nH]c(=O)nc-3n(CCNCc3ccc(F)c(Cl)c3)c2cc1C. The van der Waals surface area contributed by atoms with Gasteiger partial charge in [0.05, 0.1) is 16.1 Å². The van der Waals surface area contributed by atoms with E-state index >= 15 is 0 Å². The zero-order valence-corrected chi connectivity index (χ0v) is 17.2. The summed E-state index contributed by atoms with van der Waals surface area (Å²) in [5, 5.41) is 3.34. The third kappa shape index (κ3) is 3.83. The normalized spacial score (nSPS) is 11.5. The van der Waals surface area contributed by atoms with E-state index in [0.717, 1.165) is 22.2 Å². The maximum absolute atomic E-state index is 13.3. The number of hydrogen-bond acceptors (Lipinski definition) is 5. The minimum absolute atomic E-state index is 0.0760. The Kier molecular flexibility index (Phi) is 5.36. The molecule has 9 heteroatoms. The maximum Gasteiger partial charge on any atom is 0.349 e. The molecule has 7 nitrogen and oxygen atoms in total. The molecule has 2 aliphatic rings. The second-order valence-corrected chi connectivity index (χ2v) is 7.56. The number of H-pyrrole nitrogens is 1. The van der Waals surface area contributed by atoms with Gasteiger partial charge >= 0.3 is 5.69 Å². The van der Waals surface area contributed by atoms with E-state index in [1.54, 1.807) is 12.1 Å². The fourth-order valence-corrected chi connectivity index (χ4v) is 3.55. The van der Waals surface area contributed by atoms with Gasteiger partial charge in [-0.2, -0.15) is 4.98 Å². The Hall–Kier alpha value is -3.10. The summed E-state index contributed by atoms with van der Waals surface area (Å²) in [6.45, 7) is 5.42. The van der Waals surface area contributed by atoms with Crippen molar-refractivity contribution in [2.24, 2.45) is 0 Å². The Labute approximate surface area is 175 Å². The van der Waals surface area contributed by atoms with Crippen molar-refractivity contribution in [2.75, 3.05) is 6.54 Å². The van der Waals surface area contributed by atoms with Gasteiger partial charge in [-0.1, -0.05) is 17.7 Å². The van der Waals surface area contributed by atoms with E-state index in [9.17, 15) is 14.0 Å². The lowest BCUT2D eigenvalue weighted by molar-refractivity contribution is 0.600. The first kappa shape index (κ1) is 20.2. The Morgan fingerprint density at radius 3 is 2.67 bits per heavy atom. The van der Waals surface area contributed by atoms with Gasteiger partial charge in [-0.25, -0.2) is 14.2 Å². The predicted octanol–water partition coefficient (Wildman–Crippen LogP) is 2.78. The van der Waals surface area contributed by atoms with E-state index in [-0.39, 0.29) is 16.5 Å². The summed E-state index contributed by atoms with van der Waals surface area (Å²) >= 11 is 5.83. The number of hydrogen-bond donors (Lipinski definition) is 2. The van der Waals surface area contributed by atoms with Crippen molar-refractivity contribution in [3.63, 3.8) is 0 Å². The second-order valence-electron chi connectivity index (χ2n) is 7.16. The molecule has 2 aromatic carbocycles. The molecule has 0 spiro atoms. The zero-order valence-electron chi connectivity index (χ0n) is 16.4. The Bertz CT molecular complexity index is 1350. The molecule has 0 aromatic heterocycles. The van der Waals surface area contributed by atoms with Gasteiger partial charge in [-0.3, -0.25) is 9.78 Å². The fraction of sp³-hybridized carbons (Fsp3) is 0.238. The molecule has 2 heterocycles. The molecule has 0 aliphatic carbocycles. The summed E-state index contributed by atoms with van der Waals surface area (Å²) in [5.74, 6) is -0.216. The van der Waals surface area contributed by atoms with Gasteiger partial charge in [0.15, 0.2) is 11.5 Å². The minimum Gasteiger partial charge on any atom is -0.321 e. The number of nitrogens with zero attached hydrogens (tertiary/aromatic N) is 3. The van der Waals surface area contributed by atoms with Gasteiger partial charge in [0, 0.05) is 19.6 Å². The molecule has 0 fully saturated rings. The van der Waals surface area contributed by atoms with E-state index in [1.807, 2.05) is 30.5 Å². The van der Waals surface area contributed by atoms with Crippen LogP contribution in [0.15, 0.2) is 39.9 Å². The number of halogens is 2. The molecule has 0 saturated carbocycles. The fourth-order valence-electron chi connectivity index (χ4n) is 3.35. The molecule has 2 N–H and O–H groups in total. The number of rotatable bonds is 5. The standard InChI is InChI=1S/C21H19ClFN5O2/c1-11-7-16-17(8-12(11)2)28(19-18(25-16)20(29)27-21(30)26-19)6-5-24-10-13-3-4-15(23)14(22)9-13/h3-4,7-9,24H,5-6,10H2,1-2H3,(H,27,29,30). The first-order valence-electron chi connectivity index (χ1n) is 9.40. The van der Waals surface area contributed by atoms with E-state index in [1.165, 1.54) is 6.07 Å². The molecule has 30 heavy (non-hydrogen) atoms. The Morgan fingerprint density at radius 2 is 1.90 bits per heavy atom. The molecular formula is C21H19ClFN5O2. The first-order chi connectivity index (χ1) is 14.3. The maximum atomic E-state index is 13.3. The van der Waals surface area contributed by atoms with Crippen LogP contribution in [0, 0.1) is 19.7 Å². The molecule has 0 unspecified atom stereocenters. The van der Waals surface area contributed by atoms with Crippen molar-refractivity contribution >= 4 is 22.6 Å². The average Bonchev–Trinajstić information content (AvgIpc) is 2.69. The molecule has 0 amide bonds. The molecule has 0 bridgehead atoms. The molecule has 4 rings (SSSR count). The van der Waals surface area contributed by atoms with Crippen molar-refractivity contribution < 1.29 is 4.39 Å². The smallest absolute Gasteiger partial charge is 0.321 e. The van der Waals surface area contributed by atoms with Crippen LogP contribution in [0.3, 0.4) is 0 Å². The largest absolute Gasteiger partial charge is 0.349 e. The lowest BCUT2D eigenvalue weighted by Gasteiger charge is -2.18. The monoisotopic (exact) mass is 427 g/mol. The first-order valence-corrected chi connectivity index (χ1v) is 9.78. The number of aryl methyl sites for hydroxylation is 2. The highest BCUT2D eigenvalue weighted by Gasteiger charge is 2.19. The van der Waals surface area contributed by atoms with Crippen LogP contribution in [0.1, 0.15) is 16.7 Å². The van der Waals surface area contributed by atoms with Crippen LogP contribution in [0.4, 0.5) is 4.39 Å². The third-order valence-corrected chi connectivity index (χ3v) is 5.34. The Morgan fingerprint density at radius 1 is 1.13 bits per heavy atom. The third-order valence-electron chi connectivity index (χ3n) is 5.05. The van der Waals surface area contributed by atoms with Gasteiger partial charge in [0.25, 0.3) is 5.56 Å². The van der Waals surface area contributed by atoms with Crippen LogP contribution in [-0.4, -0.2) is 26.1 Å². The van der Waals surface area contributed by atoms with Crippen LogP contribution in [0.25, 0.3) is 22.6 Å². The lowest BCUT2D eigenvalue weighted by Crippen LogP contribution is -2.30. The van der Waals surface area contributed by atoms with Crippen molar-refractivity contribution in [1.82, 2.24) is 24.8 Å². The number of nitrogens with one attached hydrogen (secondary N) is 2. The van der Waals surface area contributed by atoms with Crippen molar-refractivity contribution in [2.45, 2.75) is 26.9 Å². The van der Waals surface area contributed by atoms with Crippen molar-refractivity contribution in [3.05, 3.63) is 78.7 Å². The van der Waals surface area contributed by atoms with Crippen LogP contribution >= 0.6 is 11.6 Å². The van der Waals surface area contributed by atoms with E-state index < -0.39 is 17.1 Å². The summed E-state index contributed by atoms with van der Waals surface area (Å²) in [6, 6.07) is 8.46. The summed E-state index contributed by atoms with van der Waals surface area (Å²) < 4.78 is 15.1. The topological polar surface area (TPSA) is 92.7 Å². The number of aromatic amines is 1. The molecule has 2 aromatic rings. The average molecular weight is 428 g/mol. The van der Waals surface area contributed by atoms with E-state index in [2.05, 4.69) is 20.3 Å². The number of benzene rings is 2. The van der Waals surface area contributed by atoms with Gasteiger partial charge in [0.2, 0.25) is 0 Å². The summed E-state index contributed by atoms with van der Waals surface area (Å²) in [6.07, 6.45) is 0. The predicted molar refractivity (Wildman–Crippen MR) is 114 cm³/mol. The number of aromatic nitrogens is 4. The molecule has 154 valence electrons. The van der Waals surface area contributed by atoms with Crippen molar-refractivity contribution in [1.29, 1.82) is 0 Å². The minimum atomic E-state index is -0.708. The van der Waals surface area contributed by atoms with Crippen LogP contribution in [-0.2, 0) is 13.1 Å². The zero-order chi connectivity index (χ0) is 21.4. The molecule has 0 saturated heterocycles.